The highest BCUT2D eigenvalue weighted by Crippen LogP contribution is 2.32. The predicted molar refractivity (Wildman–Crippen MR) is 73.5 cm³/mol. The highest BCUT2D eigenvalue weighted by atomic mass is 19.4. The van der Waals surface area contributed by atoms with Crippen molar-refractivity contribution in [1.29, 1.82) is 0 Å². The van der Waals surface area contributed by atoms with Crippen LogP contribution in [0.15, 0.2) is 24.3 Å². The number of hydrogen-bond donors (Lipinski definition) is 1. The molecular weight excluding hydrogens is 281 g/mol. The molecule has 116 valence electrons. The zero-order chi connectivity index (χ0) is 15.6. The maximum atomic E-state index is 13.0. The zero-order valence-corrected chi connectivity index (χ0v) is 12.1. The number of alkyl halides is 3. The Morgan fingerprint density at radius 2 is 2.00 bits per heavy atom. The predicted octanol–water partition coefficient (Wildman–Crippen LogP) is 2.80. The average molecular weight is 300 g/mol. The van der Waals surface area contributed by atoms with Crippen molar-refractivity contribution in [1.82, 2.24) is 10.2 Å². The summed E-state index contributed by atoms with van der Waals surface area (Å²) in [7, 11) is 0. The Labute approximate surface area is 122 Å². The maximum Gasteiger partial charge on any atom is 0.416 e. The number of benzene rings is 1. The van der Waals surface area contributed by atoms with Crippen molar-refractivity contribution in [2.75, 3.05) is 6.54 Å². The number of likely N-dealkylation sites (tertiary alicyclic amines) is 1. The molecule has 1 N–H and O–H groups in total. The molecule has 1 heterocycles. The van der Waals surface area contributed by atoms with Crippen molar-refractivity contribution >= 4 is 5.91 Å². The Morgan fingerprint density at radius 1 is 1.33 bits per heavy atom. The third-order valence-corrected chi connectivity index (χ3v) is 3.47. The topological polar surface area (TPSA) is 32.3 Å². The van der Waals surface area contributed by atoms with Gasteiger partial charge in [-0.05, 0) is 11.6 Å². The number of hydrogen-bond acceptors (Lipinski definition) is 2. The number of carbonyl (C=O) groups is 1. The fraction of sp³-hybridized carbons (Fsp3) is 0.533. The fourth-order valence-electron chi connectivity index (χ4n) is 2.65. The third kappa shape index (κ3) is 3.97. The van der Waals surface area contributed by atoms with Gasteiger partial charge in [0.1, 0.15) is 0 Å². The lowest BCUT2D eigenvalue weighted by atomic mass is 10.1. The van der Waals surface area contributed by atoms with E-state index in [1.807, 2.05) is 13.8 Å². The minimum absolute atomic E-state index is 0.00475. The summed E-state index contributed by atoms with van der Waals surface area (Å²) in [6, 6.07) is 5.66. The molecule has 21 heavy (non-hydrogen) atoms. The number of amides is 1. The standard InChI is InChI=1S/C15H19F3N2O/c1-10(2)19-12-7-14(21)20(9-12)8-11-5-3-4-6-13(11)15(16,17)18/h3-6,10,12,19H,7-9H2,1-2H3. The van der Waals surface area contributed by atoms with E-state index in [-0.39, 0.29) is 30.1 Å². The Kier molecular flexibility index (Phi) is 4.56. The summed E-state index contributed by atoms with van der Waals surface area (Å²) in [5, 5.41) is 3.25. The van der Waals surface area contributed by atoms with Gasteiger partial charge >= 0.3 is 6.18 Å². The molecular formula is C15H19F3N2O. The fourth-order valence-corrected chi connectivity index (χ4v) is 2.65. The Bertz CT molecular complexity index is 514. The molecule has 0 spiro atoms. The molecule has 1 amide bonds. The lowest BCUT2D eigenvalue weighted by molar-refractivity contribution is -0.139. The first-order chi connectivity index (χ1) is 9.77. The molecule has 0 radical (unpaired) electrons. The van der Waals surface area contributed by atoms with E-state index in [0.29, 0.717) is 13.0 Å². The van der Waals surface area contributed by atoms with E-state index < -0.39 is 11.7 Å². The Balaban J connectivity index is 2.11. The molecule has 1 aromatic carbocycles. The van der Waals surface area contributed by atoms with Crippen LogP contribution in [-0.4, -0.2) is 29.4 Å². The van der Waals surface area contributed by atoms with E-state index in [1.165, 1.54) is 17.0 Å². The number of rotatable bonds is 4. The van der Waals surface area contributed by atoms with Crippen LogP contribution in [0.25, 0.3) is 0 Å². The molecule has 1 atom stereocenters. The third-order valence-electron chi connectivity index (χ3n) is 3.47. The van der Waals surface area contributed by atoms with Gasteiger partial charge in [-0.15, -0.1) is 0 Å². The number of halogens is 3. The molecule has 0 bridgehead atoms. The first-order valence-electron chi connectivity index (χ1n) is 6.96. The van der Waals surface area contributed by atoms with E-state index in [4.69, 9.17) is 0 Å². The first kappa shape index (κ1) is 15.8. The van der Waals surface area contributed by atoms with Crippen molar-refractivity contribution < 1.29 is 18.0 Å². The van der Waals surface area contributed by atoms with Crippen LogP contribution < -0.4 is 5.32 Å². The average Bonchev–Trinajstić information content (AvgIpc) is 2.68. The molecule has 1 saturated heterocycles. The summed E-state index contributed by atoms with van der Waals surface area (Å²) >= 11 is 0. The van der Waals surface area contributed by atoms with E-state index in [0.717, 1.165) is 6.07 Å². The van der Waals surface area contributed by atoms with Gasteiger partial charge in [0.25, 0.3) is 0 Å². The van der Waals surface area contributed by atoms with Gasteiger partial charge < -0.3 is 10.2 Å². The molecule has 3 nitrogen and oxygen atoms in total. The van der Waals surface area contributed by atoms with Crippen LogP contribution in [0, 0.1) is 0 Å². The molecule has 1 aromatic rings. The van der Waals surface area contributed by atoms with Crippen LogP contribution >= 0.6 is 0 Å². The number of carbonyl (C=O) groups excluding carboxylic acids is 1. The minimum atomic E-state index is -4.39. The molecule has 1 fully saturated rings. The highest BCUT2D eigenvalue weighted by molar-refractivity contribution is 5.79. The molecule has 0 aromatic heterocycles. The Hall–Kier alpha value is -1.56. The van der Waals surface area contributed by atoms with Crippen molar-refractivity contribution in [2.24, 2.45) is 0 Å². The van der Waals surface area contributed by atoms with Crippen LogP contribution in [0.4, 0.5) is 13.2 Å². The summed E-state index contributed by atoms with van der Waals surface area (Å²) in [5.74, 6) is -0.106. The second-order valence-electron chi connectivity index (χ2n) is 5.65. The van der Waals surface area contributed by atoms with Gasteiger partial charge in [0, 0.05) is 31.6 Å². The maximum absolute atomic E-state index is 13.0. The second kappa shape index (κ2) is 6.05. The molecule has 2 rings (SSSR count). The quantitative estimate of drug-likeness (QED) is 0.927. The van der Waals surface area contributed by atoms with Crippen molar-refractivity contribution in [2.45, 2.75) is 45.1 Å². The lowest BCUT2D eigenvalue weighted by Gasteiger charge is -2.20. The van der Waals surface area contributed by atoms with Crippen LogP contribution in [0.3, 0.4) is 0 Å². The van der Waals surface area contributed by atoms with Gasteiger partial charge in [0.15, 0.2) is 0 Å². The van der Waals surface area contributed by atoms with Crippen molar-refractivity contribution in [3.05, 3.63) is 35.4 Å². The van der Waals surface area contributed by atoms with E-state index >= 15 is 0 Å². The molecule has 1 aliphatic heterocycles. The van der Waals surface area contributed by atoms with Gasteiger partial charge in [0.2, 0.25) is 5.91 Å². The molecule has 6 heteroatoms. The van der Waals surface area contributed by atoms with E-state index in [1.54, 1.807) is 6.07 Å². The van der Waals surface area contributed by atoms with Gasteiger partial charge in [-0.1, -0.05) is 32.0 Å². The number of nitrogens with zero attached hydrogens (tertiary/aromatic N) is 1. The summed E-state index contributed by atoms with van der Waals surface area (Å²) in [5.41, 5.74) is -0.526. The monoisotopic (exact) mass is 300 g/mol. The van der Waals surface area contributed by atoms with E-state index in [2.05, 4.69) is 5.32 Å². The molecule has 1 unspecified atom stereocenters. The van der Waals surface area contributed by atoms with Crippen molar-refractivity contribution in [3.8, 4) is 0 Å². The number of nitrogens with one attached hydrogen (secondary N) is 1. The second-order valence-corrected chi connectivity index (χ2v) is 5.65. The zero-order valence-electron chi connectivity index (χ0n) is 12.1. The SMILES string of the molecule is CC(C)NC1CC(=O)N(Cc2ccccc2C(F)(F)F)C1. The van der Waals surface area contributed by atoms with Gasteiger partial charge in [-0.2, -0.15) is 13.2 Å². The van der Waals surface area contributed by atoms with Crippen molar-refractivity contribution in [3.63, 3.8) is 0 Å². The van der Waals surface area contributed by atoms with E-state index in [9.17, 15) is 18.0 Å². The summed E-state index contributed by atoms with van der Waals surface area (Å²) < 4.78 is 38.9. The highest BCUT2D eigenvalue weighted by Gasteiger charge is 2.35. The van der Waals surface area contributed by atoms with Gasteiger partial charge in [-0.25, -0.2) is 0 Å². The smallest absolute Gasteiger partial charge is 0.337 e. The molecule has 0 aliphatic carbocycles. The van der Waals surface area contributed by atoms with Crippen LogP contribution in [0.5, 0.6) is 0 Å². The molecule has 1 aliphatic rings. The normalized spacial score (nSPS) is 19.6. The minimum Gasteiger partial charge on any atom is -0.337 e. The summed E-state index contributed by atoms with van der Waals surface area (Å²) in [4.78, 5) is 13.4. The lowest BCUT2D eigenvalue weighted by Crippen LogP contribution is -2.37. The summed E-state index contributed by atoms with van der Waals surface area (Å²) in [6.07, 6.45) is -4.05. The van der Waals surface area contributed by atoms with Gasteiger partial charge in [0.05, 0.1) is 5.56 Å². The van der Waals surface area contributed by atoms with Crippen LogP contribution in [0.1, 0.15) is 31.4 Å². The summed E-state index contributed by atoms with van der Waals surface area (Å²) in [6.45, 7) is 4.41. The Morgan fingerprint density at radius 3 is 2.62 bits per heavy atom. The first-order valence-corrected chi connectivity index (χ1v) is 6.96. The van der Waals surface area contributed by atoms with Gasteiger partial charge in [-0.3, -0.25) is 4.79 Å². The van der Waals surface area contributed by atoms with Crippen LogP contribution in [0.2, 0.25) is 0 Å². The van der Waals surface area contributed by atoms with Crippen LogP contribution in [-0.2, 0) is 17.5 Å². The molecule has 0 saturated carbocycles. The largest absolute Gasteiger partial charge is 0.416 e.